The first-order valence-electron chi connectivity index (χ1n) is 6.83. The molecular formula is C17H18ClFO. The van der Waals surface area contributed by atoms with Crippen LogP contribution in [0.15, 0.2) is 42.5 Å². The fourth-order valence-electron chi connectivity index (χ4n) is 2.12. The Morgan fingerprint density at radius 2 is 1.75 bits per heavy atom. The minimum Gasteiger partial charge on any atom is -0.384 e. The van der Waals surface area contributed by atoms with Gasteiger partial charge < -0.3 is 5.11 Å². The number of benzene rings is 2. The van der Waals surface area contributed by atoms with Crippen molar-refractivity contribution in [2.45, 2.75) is 32.3 Å². The number of aliphatic hydroxyl groups is 1. The van der Waals surface area contributed by atoms with E-state index in [2.05, 4.69) is 6.92 Å². The first-order chi connectivity index (χ1) is 9.61. The van der Waals surface area contributed by atoms with Gasteiger partial charge in [0.1, 0.15) is 11.9 Å². The predicted octanol–water partition coefficient (Wildman–Crippen LogP) is 4.90. The molecule has 0 spiro atoms. The summed E-state index contributed by atoms with van der Waals surface area (Å²) in [7, 11) is 0. The van der Waals surface area contributed by atoms with E-state index in [9.17, 15) is 9.50 Å². The molecule has 20 heavy (non-hydrogen) atoms. The van der Waals surface area contributed by atoms with Crippen LogP contribution >= 0.6 is 11.6 Å². The molecule has 0 heterocycles. The minimum atomic E-state index is -0.831. The van der Waals surface area contributed by atoms with Gasteiger partial charge in [-0.2, -0.15) is 0 Å². The molecule has 0 aliphatic rings. The zero-order chi connectivity index (χ0) is 14.5. The van der Waals surface area contributed by atoms with Crippen LogP contribution in [0.2, 0.25) is 5.02 Å². The second-order valence-corrected chi connectivity index (χ2v) is 5.33. The van der Waals surface area contributed by atoms with Crippen LogP contribution in [0.3, 0.4) is 0 Å². The van der Waals surface area contributed by atoms with Crippen molar-refractivity contribution in [2.24, 2.45) is 0 Å². The van der Waals surface area contributed by atoms with E-state index in [1.807, 2.05) is 24.3 Å². The Hall–Kier alpha value is -1.38. The Morgan fingerprint density at radius 1 is 1.10 bits per heavy atom. The van der Waals surface area contributed by atoms with Crippen molar-refractivity contribution in [2.75, 3.05) is 0 Å². The van der Waals surface area contributed by atoms with E-state index < -0.39 is 11.9 Å². The molecule has 0 fully saturated rings. The lowest BCUT2D eigenvalue weighted by atomic mass is 9.99. The second kappa shape index (κ2) is 6.87. The van der Waals surface area contributed by atoms with E-state index in [4.69, 9.17) is 11.6 Å². The van der Waals surface area contributed by atoms with E-state index in [1.165, 1.54) is 17.7 Å². The average Bonchev–Trinajstić information content (AvgIpc) is 2.48. The Balaban J connectivity index is 2.15. The van der Waals surface area contributed by atoms with E-state index >= 15 is 0 Å². The molecule has 1 nitrogen and oxygen atoms in total. The van der Waals surface area contributed by atoms with Gasteiger partial charge in [0.2, 0.25) is 0 Å². The van der Waals surface area contributed by atoms with Crippen LogP contribution in [0, 0.1) is 5.82 Å². The summed E-state index contributed by atoms with van der Waals surface area (Å²) in [6, 6.07) is 12.2. The van der Waals surface area contributed by atoms with Gasteiger partial charge in [0, 0.05) is 0 Å². The molecule has 0 amide bonds. The van der Waals surface area contributed by atoms with Crippen LogP contribution < -0.4 is 0 Å². The molecule has 106 valence electrons. The summed E-state index contributed by atoms with van der Waals surface area (Å²) < 4.78 is 13.4. The van der Waals surface area contributed by atoms with Crippen LogP contribution in [0.25, 0.3) is 0 Å². The van der Waals surface area contributed by atoms with Crippen molar-refractivity contribution in [3.05, 3.63) is 70.0 Å². The topological polar surface area (TPSA) is 20.2 Å². The molecule has 0 radical (unpaired) electrons. The standard InChI is InChI=1S/C17H18ClFO/c1-2-3-4-12-5-7-13(8-6-12)17(20)14-9-10-15(18)16(19)11-14/h5-11,17,20H,2-4H2,1H3. The highest BCUT2D eigenvalue weighted by atomic mass is 35.5. The second-order valence-electron chi connectivity index (χ2n) is 4.92. The van der Waals surface area contributed by atoms with Crippen molar-refractivity contribution < 1.29 is 9.50 Å². The number of aryl methyl sites for hydroxylation is 1. The maximum absolute atomic E-state index is 13.4. The van der Waals surface area contributed by atoms with Gasteiger partial charge >= 0.3 is 0 Å². The molecule has 0 aromatic heterocycles. The summed E-state index contributed by atoms with van der Waals surface area (Å²) >= 11 is 5.64. The summed E-state index contributed by atoms with van der Waals surface area (Å²) in [5.41, 5.74) is 2.52. The lowest BCUT2D eigenvalue weighted by molar-refractivity contribution is 0.220. The van der Waals surface area contributed by atoms with Gasteiger partial charge in [-0.25, -0.2) is 4.39 Å². The van der Waals surface area contributed by atoms with Crippen LogP contribution in [0.1, 0.15) is 42.6 Å². The molecule has 1 unspecified atom stereocenters. The monoisotopic (exact) mass is 292 g/mol. The number of halogens is 2. The summed E-state index contributed by atoms with van der Waals surface area (Å²) in [6.07, 6.45) is 2.53. The van der Waals surface area contributed by atoms with Gasteiger partial charge in [-0.3, -0.25) is 0 Å². The number of hydrogen-bond acceptors (Lipinski definition) is 1. The van der Waals surface area contributed by atoms with E-state index in [-0.39, 0.29) is 5.02 Å². The lowest BCUT2D eigenvalue weighted by Gasteiger charge is -2.12. The van der Waals surface area contributed by atoms with Crippen LogP contribution in [-0.4, -0.2) is 5.11 Å². The zero-order valence-electron chi connectivity index (χ0n) is 11.4. The van der Waals surface area contributed by atoms with Gasteiger partial charge in [0.25, 0.3) is 0 Å². The Labute approximate surface area is 124 Å². The number of hydrogen-bond donors (Lipinski definition) is 1. The third-order valence-corrected chi connectivity index (χ3v) is 3.68. The highest BCUT2D eigenvalue weighted by molar-refractivity contribution is 6.30. The molecule has 0 saturated carbocycles. The normalized spacial score (nSPS) is 12.4. The molecule has 0 aliphatic carbocycles. The van der Waals surface area contributed by atoms with Crippen LogP contribution in [0.5, 0.6) is 0 Å². The molecule has 3 heteroatoms. The average molecular weight is 293 g/mol. The quantitative estimate of drug-likeness (QED) is 0.831. The molecule has 2 aromatic rings. The van der Waals surface area contributed by atoms with E-state index in [0.29, 0.717) is 5.56 Å². The molecule has 1 N–H and O–H groups in total. The molecule has 2 aromatic carbocycles. The fraction of sp³-hybridized carbons (Fsp3) is 0.294. The number of rotatable bonds is 5. The number of aliphatic hydroxyl groups excluding tert-OH is 1. The van der Waals surface area contributed by atoms with Crippen molar-refractivity contribution in [1.29, 1.82) is 0 Å². The third-order valence-electron chi connectivity index (χ3n) is 3.37. The molecule has 1 atom stereocenters. The van der Waals surface area contributed by atoms with Crippen molar-refractivity contribution >= 4 is 11.6 Å². The Bertz CT molecular complexity index is 566. The summed E-state index contributed by atoms with van der Waals surface area (Å²) in [6.45, 7) is 2.16. The molecular weight excluding hydrogens is 275 g/mol. The Kier molecular flexibility index (Phi) is 5.16. The van der Waals surface area contributed by atoms with Crippen molar-refractivity contribution in [3.63, 3.8) is 0 Å². The lowest BCUT2D eigenvalue weighted by Crippen LogP contribution is -2.00. The first-order valence-corrected chi connectivity index (χ1v) is 7.21. The van der Waals surface area contributed by atoms with Gasteiger partial charge in [0.15, 0.2) is 0 Å². The van der Waals surface area contributed by atoms with Crippen LogP contribution in [-0.2, 0) is 6.42 Å². The van der Waals surface area contributed by atoms with Gasteiger partial charge in [-0.05, 0) is 41.7 Å². The SMILES string of the molecule is CCCCc1ccc(C(O)c2ccc(Cl)c(F)c2)cc1. The maximum Gasteiger partial charge on any atom is 0.142 e. The first kappa shape index (κ1) is 15.0. The fourth-order valence-corrected chi connectivity index (χ4v) is 2.24. The summed E-state index contributed by atoms with van der Waals surface area (Å²) in [5.74, 6) is -0.511. The van der Waals surface area contributed by atoms with Crippen molar-refractivity contribution in [3.8, 4) is 0 Å². The van der Waals surface area contributed by atoms with Crippen molar-refractivity contribution in [1.82, 2.24) is 0 Å². The Morgan fingerprint density at radius 3 is 2.35 bits per heavy atom. The highest BCUT2D eigenvalue weighted by Crippen LogP contribution is 2.25. The predicted molar refractivity (Wildman–Crippen MR) is 80.5 cm³/mol. The highest BCUT2D eigenvalue weighted by Gasteiger charge is 2.12. The molecule has 0 aliphatic heterocycles. The minimum absolute atomic E-state index is 0.0656. The largest absolute Gasteiger partial charge is 0.384 e. The summed E-state index contributed by atoms with van der Waals surface area (Å²) in [4.78, 5) is 0. The smallest absolute Gasteiger partial charge is 0.142 e. The van der Waals surface area contributed by atoms with Gasteiger partial charge in [-0.15, -0.1) is 0 Å². The van der Waals surface area contributed by atoms with Gasteiger partial charge in [0.05, 0.1) is 5.02 Å². The van der Waals surface area contributed by atoms with Crippen LogP contribution in [0.4, 0.5) is 4.39 Å². The molecule has 0 saturated heterocycles. The molecule has 2 rings (SSSR count). The maximum atomic E-state index is 13.4. The zero-order valence-corrected chi connectivity index (χ0v) is 12.2. The number of unbranched alkanes of at least 4 members (excludes halogenated alkanes) is 1. The summed E-state index contributed by atoms with van der Waals surface area (Å²) in [5, 5.41) is 10.3. The van der Waals surface area contributed by atoms with Gasteiger partial charge in [-0.1, -0.05) is 55.3 Å². The van der Waals surface area contributed by atoms with E-state index in [1.54, 1.807) is 6.07 Å². The third kappa shape index (κ3) is 3.59. The van der Waals surface area contributed by atoms with E-state index in [0.717, 1.165) is 24.8 Å². The molecule has 0 bridgehead atoms.